The Morgan fingerprint density at radius 2 is 1.55 bits per heavy atom. The van der Waals surface area contributed by atoms with Crippen LogP contribution in [-0.2, 0) is 16.6 Å². The minimum absolute atomic E-state index is 0.0322. The highest BCUT2D eigenvalue weighted by Gasteiger charge is 2.28. The van der Waals surface area contributed by atoms with Crippen molar-refractivity contribution in [1.29, 1.82) is 0 Å². The average Bonchev–Trinajstić information content (AvgIpc) is 2.92. The molecule has 0 bridgehead atoms. The second-order valence-electron chi connectivity index (χ2n) is 8.61. The molecule has 6 nitrogen and oxygen atoms in total. The smallest absolute Gasteiger partial charge is 0.267 e. The van der Waals surface area contributed by atoms with Crippen LogP contribution in [0.15, 0.2) is 107 Å². The summed E-state index contributed by atoms with van der Waals surface area (Å²) in [6.45, 7) is 3.51. The van der Waals surface area contributed by atoms with Crippen LogP contribution in [-0.4, -0.2) is 20.0 Å². The average molecular weight is 550 g/mol. The molecule has 194 valence electrons. The van der Waals surface area contributed by atoms with E-state index in [0.29, 0.717) is 21.9 Å². The fourth-order valence-corrected chi connectivity index (χ4v) is 5.32. The van der Waals surface area contributed by atoms with Crippen LogP contribution in [0.5, 0.6) is 0 Å². The number of nitrogens with zero attached hydrogens (tertiary/aromatic N) is 2. The highest BCUT2D eigenvalue weighted by atomic mass is 35.5. The second-order valence-corrected chi connectivity index (χ2v) is 10.9. The van der Waals surface area contributed by atoms with Crippen LogP contribution in [0, 0.1) is 12.7 Å². The van der Waals surface area contributed by atoms with Gasteiger partial charge >= 0.3 is 0 Å². The number of halogens is 2. The first-order valence-corrected chi connectivity index (χ1v) is 13.5. The Balaban J connectivity index is 1.73. The fraction of sp³-hybridized carbons (Fsp3) is 0.103. The van der Waals surface area contributed by atoms with E-state index in [0.717, 1.165) is 5.56 Å². The number of nitrogens with one attached hydrogen (secondary N) is 1. The van der Waals surface area contributed by atoms with Gasteiger partial charge in [-0.05, 0) is 73.5 Å². The molecule has 0 saturated heterocycles. The highest BCUT2D eigenvalue weighted by Crippen LogP contribution is 2.30. The van der Waals surface area contributed by atoms with E-state index >= 15 is 0 Å². The molecule has 1 N–H and O–H groups in total. The van der Waals surface area contributed by atoms with Crippen LogP contribution < -0.4 is 9.73 Å². The SMILES string of the molecule is C/C(=N/NC(=O)c1ccccc1N(Cc1ccc(Cl)cc1)S(=O)(=O)c1ccc(C)cc1)c1ccc(F)cc1. The maximum atomic E-state index is 13.9. The Kier molecular flexibility index (Phi) is 8.24. The number of hydrogen-bond acceptors (Lipinski definition) is 4. The number of hydrazone groups is 1. The molecule has 0 unspecified atom stereocenters. The molecule has 0 radical (unpaired) electrons. The van der Waals surface area contributed by atoms with Gasteiger partial charge in [-0.25, -0.2) is 18.2 Å². The van der Waals surface area contributed by atoms with Crippen molar-refractivity contribution < 1.29 is 17.6 Å². The summed E-state index contributed by atoms with van der Waals surface area (Å²) in [4.78, 5) is 13.3. The minimum atomic E-state index is -4.06. The number of para-hydroxylation sites is 1. The third kappa shape index (κ3) is 6.27. The first-order valence-electron chi connectivity index (χ1n) is 11.7. The standard InChI is InChI=1S/C29H25ClFN3O3S/c1-20-7-17-26(18-8-20)38(36,37)34(19-22-9-13-24(30)14-10-22)28-6-4-3-5-27(28)29(35)33-32-21(2)23-11-15-25(31)16-12-23/h3-18H,19H2,1-2H3,(H,33,35)/b32-21-. The molecule has 0 aliphatic heterocycles. The van der Waals surface area contributed by atoms with Crippen molar-refractivity contribution in [3.8, 4) is 0 Å². The summed E-state index contributed by atoms with van der Waals surface area (Å²) in [6, 6.07) is 25.5. The molecule has 0 heterocycles. The van der Waals surface area contributed by atoms with Crippen LogP contribution in [0.2, 0.25) is 5.02 Å². The molecule has 1 amide bonds. The van der Waals surface area contributed by atoms with Crippen molar-refractivity contribution in [2.75, 3.05) is 4.31 Å². The number of carbonyl (C=O) groups is 1. The molecule has 0 spiro atoms. The van der Waals surface area contributed by atoms with E-state index in [1.807, 2.05) is 6.92 Å². The molecule has 0 aliphatic rings. The lowest BCUT2D eigenvalue weighted by Gasteiger charge is -2.26. The van der Waals surface area contributed by atoms with E-state index in [1.165, 1.54) is 22.5 Å². The summed E-state index contributed by atoms with van der Waals surface area (Å²) in [5.41, 5.74) is 5.50. The van der Waals surface area contributed by atoms with Crippen LogP contribution in [0.25, 0.3) is 0 Å². The van der Waals surface area contributed by atoms with Crippen molar-refractivity contribution >= 4 is 38.9 Å². The quantitative estimate of drug-likeness (QED) is 0.206. The zero-order chi connectivity index (χ0) is 27.3. The minimum Gasteiger partial charge on any atom is -0.267 e. The largest absolute Gasteiger partial charge is 0.273 e. The number of amides is 1. The first-order chi connectivity index (χ1) is 18.1. The third-order valence-corrected chi connectivity index (χ3v) is 7.88. The molecule has 0 fully saturated rings. The maximum Gasteiger partial charge on any atom is 0.273 e. The van der Waals surface area contributed by atoms with Crippen LogP contribution >= 0.6 is 11.6 Å². The molecule has 0 atom stereocenters. The number of rotatable bonds is 8. The van der Waals surface area contributed by atoms with E-state index in [9.17, 15) is 17.6 Å². The lowest BCUT2D eigenvalue weighted by atomic mass is 10.1. The van der Waals surface area contributed by atoms with E-state index in [1.54, 1.807) is 85.8 Å². The van der Waals surface area contributed by atoms with E-state index < -0.39 is 15.9 Å². The van der Waals surface area contributed by atoms with Gasteiger partial charge in [0.2, 0.25) is 0 Å². The highest BCUT2D eigenvalue weighted by molar-refractivity contribution is 7.92. The van der Waals surface area contributed by atoms with Crippen molar-refractivity contribution in [3.63, 3.8) is 0 Å². The Morgan fingerprint density at radius 3 is 2.21 bits per heavy atom. The van der Waals surface area contributed by atoms with Crippen LogP contribution in [0.1, 0.15) is 34.0 Å². The number of aryl methyl sites for hydroxylation is 1. The molecular formula is C29H25ClFN3O3S. The van der Waals surface area contributed by atoms with Crippen molar-refractivity contribution in [3.05, 3.63) is 130 Å². The topological polar surface area (TPSA) is 78.8 Å². The van der Waals surface area contributed by atoms with Gasteiger partial charge in [0.1, 0.15) is 5.82 Å². The summed E-state index contributed by atoms with van der Waals surface area (Å²) in [6.07, 6.45) is 0. The predicted molar refractivity (Wildman–Crippen MR) is 149 cm³/mol. The molecule has 38 heavy (non-hydrogen) atoms. The number of hydrogen-bond donors (Lipinski definition) is 1. The summed E-state index contributed by atoms with van der Waals surface area (Å²) in [5.74, 6) is -0.975. The lowest BCUT2D eigenvalue weighted by molar-refractivity contribution is 0.0955. The predicted octanol–water partition coefficient (Wildman–Crippen LogP) is 6.34. The second kappa shape index (κ2) is 11.6. The lowest BCUT2D eigenvalue weighted by Crippen LogP contribution is -2.33. The Morgan fingerprint density at radius 1 is 0.921 bits per heavy atom. The van der Waals surface area contributed by atoms with E-state index in [4.69, 9.17) is 11.6 Å². The zero-order valence-corrected chi connectivity index (χ0v) is 22.3. The van der Waals surface area contributed by atoms with Gasteiger partial charge < -0.3 is 0 Å². The van der Waals surface area contributed by atoms with Gasteiger partial charge in [0.05, 0.1) is 28.4 Å². The summed E-state index contributed by atoms with van der Waals surface area (Å²) < 4.78 is 42.2. The Hall–Kier alpha value is -4.01. The van der Waals surface area contributed by atoms with Gasteiger partial charge in [-0.2, -0.15) is 5.10 Å². The summed E-state index contributed by atoms with van der Waals surface area (Å²) in [7, 11) is -4.06. The van der Waals surface area contributed by atoms with Crippen molar-refractivity contribution in [2.45, 2.75) is 25.3 Å². The van der Waals surface area contributed by atoms with Gasteiger partial charge in [0.15, 0.2) is 0 Å². The Bertz CT molecular complexity index is 1570. The van der Waals surface area contributed by atoms with E-state index in [2.05, 4.69) is 10.5 Å². The van der Waals surface area contributed by atoms with Gasteiger partial charge in [-0.1, -0.05) is 65.7 Å². The number of carbonyl (C=O) groups excluding carboxylic acids is 1. The number of sulfonamides is 1. The Labute approximate surface area is 226 Å². The van der Waals surface area contributed by atoms with Crippen molar-refractivity contribution in [2.24, 2.45) is 5.10 Å². The van der Waals surface area contributed by atoms with Crippen LogP contribution in [0.3, 0.4) is 0 Å². The fourth-order valence-electron chi connectivity index (χ4n) is 3.73. The molecule has 0 aliphatic carbocycles. The van der Waals surface area contributed by atoms with Crippen LogP contribution in [0.4, 0.5) is 10.1 Å². The first kappa shape index (κ1) is 27.0. The molecule has 4 rings (SSSR count). The molecule has 0 saturated carbocycles. The molecule has 9 heteroatoms. The number of anilines is 1. The maximum absolute atomic E-state index is 13.9. The normalized spacial score (nSPS) is 11.7. The van der Waals surface area contributed by atoms with E-state index in [-0.39, 0.29) is 28.5 Å². The van der Waals surface area contributed by atoms with Gasteiger partial charge in [-0.15, -0.1) is 0 Å². The van der Waals surface area contributed by atoms with Crippen molar-refractivity contribution in [1.82, 2.24) is 5.43 Å². The van der Waals surface area contributed by atoms with Gasteiger partial charge in [0.25, 0.3) is 15.9 Å². The van der Waals surface area contributed by atoms with Gasteiger partial charge in [0, 0.05) is 5.02 Å². The number of benzene rings is 4. The third-order valence-electron chi connectivity index (χ3n) is 5.85. The molecular weight excluding hydrogens is 525 g/mol. The zero-order valence-electron chi connectivity index (χ0n) is 20.7. The monoisotopic (exact) mass is 549 g/mol. The molecule has 4 aromatic rings. The van der Waals surface area contributed by atoms with Gasteiger partial charge in [-0.3, -0.25) is 9.10 Å². The molecule has 4 aromatic carbocycles. The summed E-state index contributed by atoms with van der Waals surface area (Å²) in [5, 5.41) is 4.66. The molecule has 0 aromatic heterocycles. The summed E-state index contributed by atoms with van der Waals surface area (Å²) >= 11 is 6.03.